The average Bonchev–Trinajstić information content (AvgIpc) is 3.43. The second-order valence-electron chi connectivity index (χ2n) is 9.90. The summed E-state index contributed by atoms with van der Waals surface area (Å²) < 4.78 is 78.3. The number of hydrogen-bond donors (Lipinski definition) is 0. The van der Waals surface area contributed by atoms with Crippen molar-refractivity contribution in [2.75, 3.05) is 18.5 Å². The van der Waals surface area contributed by atoms with E-state index in [2.05, 4.69) is 15.1 Å². The molecule has 1 aliphatic carbocycles. The van der Waals surface area contributed by atoms with Gasteiger partial charge >= 0.3 is 0 Å². The van der Waals surface area contributed by atoms with Crippen molar-refractivity contribution in [2.24, 2.45) is 7.05 Å². The van der Waals surface area contributed by atoms with Gasteiger partial charge in [-0.05, 0) is 37.5 Å². The van der Waals surface area contributed by atoms with Crippen LogP contribution in [0.15, 0.2) is 66.1 Å². The highest BCUT2D eigenvalue weighted by Gasteiger charge is 2.34. The minimum atomic E-state index is -4.67. The number of aromatic nitrogens is 4. The number of hydrogen-bond acceptors (Lipinski definition) is 8. The summed E-state index contributed by atoms with van der Waals surface area (Å²) in [5, 5.41) is 4.23. The molecule has 42 heavy (non-hydrogen) atoms. The molecule has 13 heteroatoms. The Morgan fingerprint density at radius 3 is 2.48 bits per heavy atom. The Hall–Kier alpha value is -4.26. The lowest BCUT2D eigenvalue weighted by atomic mass is 9.84. The molecule has 0 radical (unpaired) electrons. The fraction of sp³-hybridized carbons (Fsp3) is 0.345. The van der Waals surface area contributed by atoms with E-state index in [-0.39, 0.29) is 24.0 Å². The Morgan fingerprint density at radius 1 is 0.976 bits per heavy atom. The molecule has 2 aromatic heterocycles. The second-order valence-corrected chi connectivity index (χ2v) is 11.7. The number of anilines is 1. The van der Waals surface area contributed by atoms with Crippen molar-refractivity contribution in [3.8, 4) is 17.2 Å². The number of aryl methyl sites for hydroxylation is 1. The van der Waals surface area contributed by atoms with Gasteiger partial charge in [0, 0.05) is 60.9 Å². The molecule has 1 aliphatic rings. The smallest absolute Gasteiger partial charge is 0.268 e. The summed E-state index contributed by atoms with van der Waals surface area (Å²) in [5.41, 5.74) is 1.38. The van der Waals surface area contributed by atoms with E-state index < -0.39 is 32.7 Å². The van der Waals surface area contributed by atoms with Crippen LogP contribution >= 0.6 is 0 Å². The monoisotopic (exact) mass is 599 g/mol. The van der Waals surface area contributed by atoms with E-state index in [1.165, 1.54) is 32.8 Å². The molecule has 2 heterocycles. The van der Waals surface area contributed by atoms with Crippen LogP contribution in [0.2, 0.25) is 0 Å². The predicted octanol–water partition coefficient (Wildman–Crippen LogP) is 5.01. The largest absolute Gasteiger partial charge is 0.497 e. The van der Waals surface area contributed by atoms with Crippen LogP contribution in [0, 0.1) is 11.6 Å². The lowest BCUT2D eigenvalue weighted by molar-refractivity contribution is 0.120. The summed E-state index contributed by atoms with van der Waals surface area (Å²) in [6, 6.07) is 9.55. The number of methoxy groups -OCH3 is 2. The van der Waals surface area contributed by atoms with Gasteiger partial charge in [-0.2, -0.15) is 5.10 Å². The van der Waals surface area contributed by atoms with Gasteiger partial charge in [-0.1, -0.05) is 6.42 Å². The van der Waals surface area contributed by atoms with Gasteiger partial charge in [-0.3, -0.25) is 4.68 Å². The number of ether oxygens (including phenoxy) is 3. The van der Waals surface area contributed by atoms with Gasteiger partial charge in [0.05, 0.1) is 20.8 Å². The third-order valence-electron chi connectivity index (χ3n) is 7.40. The molecule has 1 saturated carbocycles. The van der Waals surface area contributed by atoms with Crippen LogP contribution in [-0.4, -0.2) is 48.5 Å². The van der Waals surface area contributed by atoms with E-state index >= 15 is 8.78 Å². The minimum absolute atomic E-state index is 0.0377. The third-order valence-corrected chi connectivity index (χ3v) is 9.17. The summed E-state index contributed by atoms with van der Waals surface area (Å²) >= 11 is 0. The summed E-state index contributed by atoms with van der Waals surface area (Å²) in [7, 11) is 0.0730. The highest BCUT2D eigenvalue weighted by Crippen LogP contribution is 2.38. The second kappa shape index (κ2) is 12.3. The van der Waals surface area contributed by atoms with E-state index in [0.29, 0.717) is 29.5 Å². The third kappa shape index (κ3) is 5.87. The molecule has 2 atom stereocenters. The zero-order valence-electron chi connectivity index (χ0n) is 23.4. The van der Waals surface area contributed by atoms with Crippen LogP contribution in [0.3, 0.4) is 0 Å². The Labute approximate surface area is 242 Å². The fourth-order valence-electron chi connectivity index (χ4n) is 5.26. The standard InChI is InChI=1S/C29H31F2N5O5S/c1-35-24(10-13-34-35)21-6-4-5-7-25(21)41-27-15-23(31)28(16-22(27)30)42(37,38)36(29-11-12-32-18-33-29)17-19-8-9-20(39-2)14-26(19)40-3/h8-16,18,21,25H,4-7,17H2,1-3H3. The van der Waals surface area contributed by atoms with Crippen molar-refractivity contribution in [3.63, 3.8) is 0 Å². The molecular weight excluding hydrogens is 568 g/mol. The van der Waals surface area contributed by atoms with Gasteiger partial charge in [0.1, 0.15) is 40.5 Å². The van der Waals surface area contributed by atoms with Gasteiger partial charge in [0.15, 0.2) is 11.6 Å². The van der Waals surface area contributed by atoms with Gasteiger partial charge in [0.2, 0.25) is 0 Å². The molecule has 222 valence electrons. The molecule has 0 spiro atoms. The molecule has 0 amide bonds. The van der Waals surface area contributed by atoms with E-state index in [0.717, 1.165) is 35.3 Å². The van der Waals surface area contributed by atoms with Crippen LogP contribution in [0.1, 0.15) is 42.9 Å². The van der Waals surface area contributed by atoms with Crippen molar-refractivity contribution in [1.29, 1.82) is 0 Å². The minimum Gasteiger partial charge on any atom is -0.497 e. The van der Waals surface area contributed by atoms with Crippen molar-refractivity contribution in [3.05, 3.63) is 84.1 Å². The average molecular weight is 600 g/mol. The number of benzene rings is 2. The van der Waals surface area contributed by atoms with Crippen molar-refractivity contribution in [2.45, 2.75) is 49.1 Å². The van der Waals surface area contributed by atoms with E-state index in [1.54, 1.807) is 29.1 Å². The Balaban J connectivity index is 1.49. The topological polar surface area (TPSA) is 109 Å². The first-order valence-electron chi connectivity index (χ1n) is 13.4. The molecule has 1 fully saturated rings. The molecular formula is C29H31F2N5O5S. The Kier molecular flexibility index (Phi) is 8.57. The highest BCUT2D eigenvalue weighted by atomic mass is 32.2. The van der Waals surface area contributed by atoms with Gasteiger partial charge in [-0.25, -0.2) is 31.5 Å². The first-order valence-corrected chi connectivity index (χ1v) is 14.8. The number of rotatable bonds is 10. The number of sulfonamides is 1. The zero-order chi connectivity index (χ0) is 29.9. The maximum absolute atomic E-state index is 15.6. The molecule has 10 nitrogen and oxygen atoms in total. The van der Waals surface area contributed by atoms with Crippen LogP contribution in [0.25, 0.3) is 0 Å². The molecule has 0 saturated heterocycles. The van der Waals surface area contributed by atoms with Crippen LogP contribution in [0.5, 0.6) is 17.2 Å². The number of nitrogens with zero attached hydrogens (tertiary/aromatic N) is 5. The lowest BCUT2D eigenvalue weighted by Gasteiger charge is -2.32. The molecule has 2 aromatic carbocycles. The predicted molar refractivity (Wildman–Crippen MR) is 150 cm³/mol. The van der Waals surface area contributed by atoms with Crippen molar-refractivity contribution < 1.29 is 31.4 Å². The van der Waals surface area contributed by atoms with Crippen LogP contribution < -0.4 is 18.5 Å². The first kappa shape index (κ1) is 29.2. The van der Waals surface area contributed by atoms with Gasteiger partial charge in [0.25, 0.3) is 10.0 Å². The normalized spacial score (nSPS) is 17.1. The molecule has 0 aliphatic heterocycles. The maximum Gasteiger partial charge on any atom is 0.268 e. The Morgan fingerprint density at radius 2 is 1.79 bits per heavy atom. The molecule has 5 rings (SSSR count). The number of halogens is 2. The van der Waals surface area contributed by atoms with E-state index in [1.807, 2.05) is 13.1 Å². The molecule has 4 aromatic rings. The quantitative estimate of drug-likeness (QED) is 0.251. The zero-order valence-corrected chi connectivity index (χ0v) is 24.2. The van der Waals surface area contributed by atoms with E-state index in [4.69, 9.17) is 14.2 Å². The molecule has 0 N–H and O–H groups in total. The SMILES string of the molecule is COc1ccc(CN(c2ccncn2)S(=O)(=O)c2cc(F)c(OC3CCCCC3c3ccnn3C)cc2F)c(OC)c1. The molecule has 2 unspecified atom stereocenters. The van der Waals surface area contributed by atoms with Gasteiger partial charge in [-0.15, -0.1) is 0 Å². The van der Waals surface area contributed by atoms with E-state index in [9.17, 15) is 8.42 Å². The van der Waals surface area contributed by atoms with Crippen molar-refractivity contribution >= 4 is 15.8 Å². The summed E-state index contributed by atoms with van der Waals surface area (Å²) in [6.45, 7) is -0.291. The van der Waals surface area contributed by atoms with Crippen molar-refractivity contribution in [1.82, 2.24) is 19.7 Å². The summed E-state index contributed by atoms with van der Waals surface area (Å²) in [4.78, 5) is 7.05. The summed E-state index contributed by atoms with van der Waals surface area (Å²) in [6.07, 6.45) is 7.08. The highest BCUT2D eigenvalue weighted by molar-refractivity contribution is 7.92. The Bertz CT molecular complexity index is 1650. The lowest BCUT2D eigenvalue weighted by Crippen LogP contribution is -2.32. The van der Waals surface area contributed by atoms with Gasteiger partial charge < -0.3 is 14.2 Å². The maximum atomic E-state index is 15.6. The first-order chi connectivity index (χ1) is 20.2. The van der Waals surface area contributed by atoms with Crippen LogP contribution in [-0.2, 0) is 23.6 Å². The fourth-order valence-corrected chi connectivity index (χ4v) is 6.72. The summed E-state index contributed by atoms with van der Waals surface area (Å²) in [5.74, 6) is -1.76. The molecule has 0 bridgehead atoms. The van der Waals surface area contributed by atoms with Crippen LogP contribution in [0.4, 0.5) is 14.6 Å².